The maximum Gasteiger partial charge on any atom is 0.223 e. The highest BCUT2D eigenvalue weighted by molar-refractivity contribution is 7.90. The van der Waals surface area contributed by atoms with Gasteiger partial charge in [-0.2, -0.15) is 4.31 Å². The molecule has 2 aromatic rings. The van der Waals surface area contributed by atoms with Crippen LogP contribution in [0.2, 0.25) is 5.02 Å². The summed E-state index contributed by atoms with van der Waals surface area (Å²) < 4.78 is 28.2. The van der Waals surface area contributed by atoms with E-state index in [4.69, 9.17) is 11.6 Å². The van der Waals surface area contributed by atoms with E-state index in [9.17, 15) is 8.42 Å². The summed E-state index contributed by atoms with van der Waals surface area (Å²) in [5.74, 6) is 0. The molecule has 2 aromatic carbocycles. The van der Waals surface area contributed by atoms with Crippen molar-refractivity contribution in [1.29, 1.82) is 0 Å². The van der Waals surface area contributed by atoms with Gasteiger partial charge in [-0.1, -0.05) is 73.3 Å². The molecule has 0 amide bonds. The molecular formula is C20H22ClNO2S. The second-order valence-corrected chi connectivity index (χ2v) is 9.39. The van der Waals surface area contributed by atoms with Crippen LogP contribution in [0.3, 0.4) is 0 Å². The zero-order chi connectivity index (χ0) is 17.4. The summed E-state index contributed by atoms with van der Waals surface area (Å²) >= 11 is 6.04. The Kier molecular flexibility index (Phi) is 4.61. The summed E-state index contributed by atoms with van der Waals surface area (Å²) in [4.78, 5) is 0. The second-order valence-electron chi connectivity index (χ2n) is 6.99. The van der Waals surface area contributed by atoms with Crippen molar-refractivity contribution in [2.24, 2.45) is 0 Å². The van der Waals surface area contributed by atoms with Crippen LogP contribution in [0.5, 0.6) is 0 Å². The molecule has 0 bridgehead atoms. The molecule has 3 nitrogen and oxygen atoms in total. The molecule has 2 fully saturated rings. The predicted molar refractivity (Wildman–Crippen MR) is 101 cm³/mol. The van der Waals surface area contributed by atoms with Crippen molar-refractivity contribution in [2.45, 2.75) is 49.4 Å². The molecule has 2 aliphatic rings. The number of nitrogens with zero attached hydrogens (tertiary/aromatic N) is 1. The summed E-state index contributed by atoms with van der Waals surface area (Å²) in [7, 11) is -3.32. The van der Waals surface area contributed by atoms with Gasteiger partial charge in [0, 0.05) is 11.1 Å². The lowest BCUT2D eigenvalue weighted by Gasteiger charge is -2.51. The molecule has 0 unspecified atom stereocenters. The van der Waals surface area contributed by atoms with Crippen LogP contribution in [-0.2, 0) is 10.0 Å². The van der Waals surface area contributed by atoms with Crippen molar-refractivity contribution in [3.63, 3.8) is 0 Å². The van der Waals surface area contributed by atoms with Crippen molar-refractivity contribution in [1.82, 2.24) is 4.31 Å². The van der Waals surface area contributed by atoms with E-state index in [0.717, 1.165) is 36.8 Å². The van der Waals surface area contributed by atoms with Gasteiger partial charge in [-0.15, -0.1) is 0 Å². The molecule has 5 heteroatoms. The van der Waals surface area contributed by atoms with E-state index >= 15 is 0 Å². The molecule has 1 heterocycles. The van der Waals surface area contributed by atoms with Gasteiger partial charge in [-0.05, 0) is 36.1 Å². The SMILES string of the molecule is O=S1(=O)[C@@H](c2ccccc2)[C@@H](c2ccc(Cl)cc2)N1C1CCCCC1. The molecule has 0 aromatic heterocycles. The minimum absolute atomic E-state index is 0.124. The van der Waals surface area contributed by atoms with E-state index < -0.39 is 15.3 Å². The largest absolute Gasteiger partial charge is 0.223 e. The molecule has 1 aliphatic carbocycles. The molecule has 1 aliphatic heterocycles. The van der Waals surface area contributed by atoms with Gasteiger partial charge in [-0.25, -0.2) is 8.42 Å². The van der Waals surface area contributed by atoms with Crippen LogP contribution in [0.1, 0.15) is 54.5 Å². The van der Waals surface area contributed by atoms with Crippen LogP contribution in [-0.4, -0.2) is 18.8 Å². The maximum atomic E-state index is 13.2. The third kappa shape index (κ3) is 3.01. The van der Waals surface area contributed by atoms with Crippen LogP contribution in [0.25, 0.3) is 0 Å². The minimum atomic E-state index is -3.32. The van der Waals surface area contributed by atoms with Crippen LogP contribution < -0.4 is 0 Å². The Morgan fingerprint density at radius 3 is 2.12 bits per heavy atom. The number of hydrogen-bond donors (Lipinski definition) is 0. The second kappa shape index (κ2) is 6.75. The van der Waals surface area contributed by atoms with Crippen molar-refractivity contribution < 1.29 is 8.42 Å². The molecule has 1 saturated heterocycles. The van der Waals surface area contributed by atoms with Crippen LogP contribution >= 0.6 is 11.6 Å². The lowest BCUT2D eigenvalue weighted by Crippen LogP contribution is -2.57. The van der Waals surface area contributed by atoms with Gasteiger partial charge in [-0.3, -0.25) is 0 Å². The first kappa shape index (κ1) is 17.1. The summed E-state index contributed by atoms with van der Waals surface area (Å²) in [5, 5.41) is 0.170. The third-order valence-corrected chi connectivity index (χ3v) is 7.99. The van der Waals surface area contributed by atoms with E-state index in [2.05, 4.69) is 0 Å². The average molecular weight is 376 g/mol. The quantitative estimate of drug-likeness (QED) is 0.748. The number of halogens is 1. The number of hydrogen-bond acceptors (Lipinski definition) is 2. The molecule has 1 saturated carbocycles. The number of sulfonamides is 1. The lowest BCUT2D eigenvalue weighted by molar-refractivity contribution is 0.156. The number of rotatable bonds is 3. The highest BCUT2D eigenvalue weighted by Crippen LogP contribution is 2.54. The smallest absolute Gasteiger partial charge is 0.211 e. The van der Waals surface area contributed by atoms with Gasteiger partial charge >= 0.3 is 0 Å². The van der Waals surface area contributed by atoms with E-state index in [1.165, 1.54) is 6.42 Å². The Hall–Kier alpha value is -1.36. The highest BCUT2D eigenvalue weighted by Gasteiger charge is 2.57. The van der Waals surface area contributed by atoms with Crippen molar-refractivity contribution >= 4 is 21.6 Å². The Morgan fingerprint density at radius 2 is 1.48 bits per heavy atom. The van der Waals surface area contributed by atoms with Gasteiger partial charge in [0.1, 0.15) is 5.25 Å². The topological polar surface area (TPSA) is 37.4 Å². The van der Waals surface area contributed by atoms with E-state index in [-0.39, 0.29) is 12.1 Å². The fourth-order valence-electron chi connectivity index (χ4n) is 4.27. The van der Waals surface area contributed by atoms with Crippen LogP contribution in [0, 0.1) is 0 Å². The summed E-state index contributed by atoms with van der Waals surface area (Å²) in [6, 6.07) is 17.2. The highest BCUT2D eigenvalue weighted by atomic mass is 35.5. The Labute approximate surface area is 154 Å². The number of benzene rings is 2. The maximum absolute atomic E-state index is 13.2. The molecule has 4 rings (SSSR count). The predicted octanol–water partition coefficient (Wildman–Crippen LogP) is 5.10. The van der Waals surface area contributed by atoms with E-state index in [1.54, 1.807) is 4.31 Å². The van der Waals surface area contributed by atoms with Crippen LogP contribution in [0.15, 0.2) is 54.6 Å². The zero-order valence-corrected chi connectivity index (χ0v) is 15.6. The molecule has 0 radical (unpaired) electrons. The fraction of sp³-hybridized carbons (Fsp3) is 0.400. The summed E-state index contributed by atoms with van der Waals surface area (Å²) in [6.07, 6.45) is 5.35. The van der Waals surface area contributed by atoms with Gasteiger partial charge in [0.15, 0.2) is 0 Å². The van der Waals surface area contributed by atoms with Gasteiger partial charge < -0.3 is 0 Å². The Balaban J connectivity index is 1.76. The normalized spacial score (nSPS) is 26.9. The van der Waals surface area contributed by atoms with E-state index in [0.29, 0.717) is 5.02 Å². The standard InChI is InChI=1S/C20H22ClNO2S/c21-17-13-11-15(12-14-17)19-20(16-7-3-1-4-8-16)25(23,24)22(19)18-9-5-2-6-10-18/h1,3-4,7-8,11-14,18-20H,2,5-6,9-10H2/t19-,20+/m1/s1. The third-order valence-electron chi connectivity index (χ3n) is 5.45. The first-order valence-electron chi connectivity index (χ1n) is 8.92. The first-order valence-corrected chi connectivity index (χ1v) is 10.8. The first-order chi connectivity index (χ1) is 12.1. The molecule has 132 valence electrons. The monoisotopic (exact) mass is 375 g/mol. The average Bonchev–Trinajstić information content (AvgIpc) is 2.63. The van der Waals surface area contributed by atoms with Gasteiger partial charge in [0.25, 0.3) is 0 Å². The van der Waals surface area contributed by atoms with Crippen molar-refractivity contribution in [2.75, 3.05) is 0 Å². The van der Waals surface area contributed by atoms with Gasteiger partial charge in [0.2, 0.25) is 10.0 Å². The van der Waals surface area contributed by atoms with Gasteiger partial charge in [0.05, 0.1) is 6.04 Å². The summed E-state index contributed by atoms with van der Waals surface area (Å²) in [5.41, 5.74) is 1.90. The zero-order valence-electron chi connectivity index (χ0n) is 14.0. The molecule has 25 heavy (non-hydrogen) atoms. The molecular weight excluding hydrogens is 354 g/mol. The molecule has 2 atom stereocenters. The van der Waals surface area contributed by atoms with Crippen LogP contribution in [0.4, 0.5) is 0 Å². The molecule has 0 spiro atoms. The Morgan fingerprint density at radius 1 is 0.840 bits per heavy atom. The fourth-order valence-corrected chi connectivity index (χ4v) is 6.77. The van der Waals surface area contributed by atoms with E-state index in [1.807, 2.05) is 54.6 Å². The Bertz CT molecular complexity index is 830. The molecule has 0 N–H and O–H groups in total. The minimum Gasteiger partial charge on any atom is -0.211 e. The lowest BCUT2D eigenvalue weighted by atomic mass is 9.91. The summed E-state index contributed by atoms with van der Waals surface area (Å²) in [6.45, 7) is 0. The van der Waals surface area contributed by atoms with Crippen molar-refractivity contribution in [3.8, 4) is 0 Å². The van der Waals surface area contributed by atoms with Crippen molar-refractivity contribution in [3.05, 3.63) is 70.7 Å².